The van der Waals surface area contributed by atoms with E-state index in [2.05, 4.69) is 17.6 Å². The van der Waals surface area contributed by atoms with Gasteiger partial charge < -0.3 is 15.1 Å². The fourth-order valence-electron chi connectivity index (χ4n) is 2.02. The number of halogens is 1. The Morgan fingerprint density at radius 1 is 1.59 bits per heavy atom. The highest BCUT2D eigenvalue weighted by Gasteiger charge is 2.24. The normalized spacial score (nSPS) is 23.9. The maximum Gasteiger partial charge on any atom is 0.287 e. The lowest BCUT2D eigenvalue weighted by molar-refractivity contribution is 0.0886. The second kappa shape index (κ2) is 6.07. The summed E-state index contributed by atoms with van der Waals surface area (Å²) < 4.78 is 5.17. The maximum atomic E-state index is 11.9. The fourth-order valence-corrected chi connectivity index (χ4v) is 2.02. The van der Waals surface area contributed by atoms with Gasteiger partial charge in [0.1, 0.15) is 0 Å². The van der Waals surface area contributed by atoms with Crippen molar-refractivity contribution >= 4 is 18.3 Å². The molecular weight excluding hydrogens is 240 g/mol. The molecule has 2 atom stereocenters. The van der Waals surface area contributed by atoms with Crippen LogP contribution >= 0.6 is 12.4 Å². The molecule has 1 saturated heterocycles. The van der Waals surface area contributed by atoms with E-state index in [-0.39, 0.29) is 24.4 Å². The van der Waals surface area contributed by atoms with Crippen molar-refractivity contribution in [2.45, 2.75) is 26.3 Å². The van der Waals surface area contributed by atoms with Crippen LogP contribution in [0.1, 0.15) is 29.5 Å². The predicted molar refractivity (Wildman–Crippen MR) is 68.6 cm³/mol. The first-order valence-electron chi connectivity index (χ1n) is 5.74. The molecule has 0 saturated carbocycles. The Bertz CT molecular complexity index is 378. The highest BCUT2D eigenvalue weighted by atomic mass is 35.5. The number of hydrogen-bond acceptors (Lipinski definition) is 3. The summed E-state index contributed by atoms with van der Waals surface area (Å²) in [5.41, 5.74) is 0.883. The van der Waals surface area contributed by atoms with Crippen LogP contribution in [0.25, 0.3) is 0 Å². The highest BCUT2D eigenvalue weighted by molar-refractivity contribution is 5.93. The van der Waals surface area contributed by atoms with Gasteiger partial charge in [0.15, 0.2) is 5.76 Å². The number of aryl methyl sites for hydroxylation is 1. The van der Waals surface area contributed by atoms with Gasteiger partial charge in [0, 0.05) is 18.2 Å². The number of carbonyl (C=O) groups is 1. The molecule has 1 aromatic heterocycles. The van der Waals surface area contributed by atoms with Gasteiger partial charge in [-0.25, -0.2) is 0 Å². The van der Waals surface area contributed by atoms with Crippen molar-refractivity contribution in [2.24, 2.45) is 5.92 Å². The number of rotatable bonds is 2. The molecule has 1 aromatic rings. The van der Waals surface area contributed by atoms with Crippen LogP contribution in [0.5, 0.6) is 0 Å². The van der Waals surface area contributed by atoms with Gasteiger partial charge >= 0.3 is 0 Å². The van der Waals surface area contributed by atoms with E-state index in [0.29, 0.717) is 11.7 Å². The van der Waals surface area contributed by atoms with Crippen LogP contribution in [-0.4, -0.2) is 25.0 Å². The summed E-state index contributed by atoms with van der Waals surface area (Å²) in [6.45, 7) is 5.92. The summed E-state index contributed by atoms with van der Waals surface area (Å²) >= 11 is 0. The van der Waals surface area contributed by atoms with Gasteiger partial charge in [-0.15, -0.1) is 12.4 Å². The molecular formula is C12H19ClN2O2. The Labute approximate surface area is 108 Å². The molecule has 0 spiro atoms. The molecule has 0 aliphatic carbocycles. The van der Waals surface area contributed by atoms with Gasteiger partial charge in [0.2, 0.25) is 0 Å². The van der Waals surface area contributed by atoms with Crippen molar-refractivity contribution < 1.29 is 9.21 Å². The first-order valence-corrected chi connectivity index (χ1v) is 5.74. The zero-order valence-corrected chi connectivity index (χ0v) is 11.0. The van der Waals surface area contributed by atoms with E-state index in [4.69, 9.17) is 4.42 Å². The van der Waals surface area contributed by atoms with E-state index < -0.39 is 0 Å². The smallest absolute Gasteiger partial charge is 0.287 e. The molecule has 1 fully saturated rings. The predicted octanol–water partition coefficient (Wildman–Crippen LogP) is 1.74. The summed E-state index contributed by atoms with van der Waals surface area (Å²) in [6, 6.07) is 2.00. The summed E-state index contributed by atoms with van der Waals surface area (Å²) in [5, 5.41) is 6.30. The topological polar surface area (TPSA) is 54.3 Å². The molecule has 0 aromatic carbocycles. The van der Waals surface area contributed by atoms with Crippen molar-refractivity contribution in [3.63, 3.8) is 0 Å². The Kier molecular flexibility index (Phi) is 5.02. The third kappa shape index (κ3) is 3.23. The van der Waals surface area contributed by atoms with Gasteiger partial charge in [0.25, 0.3) is 5.91 Å². The molecule has 1 aliphatic rings. The Balaban J connectivity index is 0.00000144. The van der Waals surface area contributed by atoms with Crippen LogP contribution in [0.15, 0.2) is 16.7 Å². The van der Waals surface area contributed by atoms with Crippen molar-refractivity contribution in [3.8, 4) is 0 Å². The summed E-state index contributed by atoms with van der Waals surface area (Å²) in [4.78, 5) is 11.9. The molecule has 17 heavy (non-hydrogen) atoms. The van der Waals surface area contributed by atoms with Gasteiger partial charge in [-0.2, -0.15) is 0 Å². The quantitative estimate of drug-likeness (QED) is 0.850. The molecule has 0 radical (unpaired) electrons. The number of amides is 1. The second-order valence-corrected chi connectivity index (χ2v) is 4.48. The average molecular weight is 259 g/mol. The van der Waals surface area contributed by atoms with Crippen LogP contribution in [0.4, 0.5) is 0 Å². The fraction of sp³-hybridized carbons (Fsp3) is 0.583. The van der Waals surface area contributed by atoms with Crippen molar-refractivity contribution in [1.82, 2.24) is 10.6 Å². The standard InChI is InChI=1S/C12H18N2O2.ClH/c1-8-3-5-13-7-10(8)14-12(15)11-9(2)4-6-16-11;/h4,6,8,10,13H,3,5,7H2,1-2H3,(H,14,15);1H. The molecule has 2 unspecified atom stereocenters. The van der Waals surface area contributed by atoms with E-state index >= 15 is 0 Å². The van der Waals surface area contributed by atoms with Gasteiger partial charge in [-0.05, 0) is 31.9 Å². The van der Waals surface area contributed by atoms with Gasteiger partial charge in [-0.1, -0.05) is 6.92 Å². The van der Waals surface area contributed by atoms with E-state index in [1.807, 2.05) is 6.92 Å². The lowest BCUT2D eigenvalue weighted by Gasteiger charge is -2.29. The third-order valence-electron chi connectivity index (χ3n) is 3.21. The van der Waals surface area contributed by atoms with E-state index in [1.54, 1.807) is 12.3 Å². The summed E-state index contributed by atoms with van der Waals surface area (Å²) in [6.07, 6.45) is 2.65. The maximum absolute atomic E-state index is 11.9. The van der Waals surface area contributed by atoms with Crippen LogP contribution in [0.3, 0.4) is 0 Å². The van der Waals surface area contributed by atoms with Crippen LogP contribution in [-0.2, 0) is 0 Å². The first kappa shape index (κ1) is 14.1. The van der Waals surface area contributed by atoms with Crippen LogP contribution in [0.2, 0.25) is 0 Å². The molecule has 4 nitrogen and oxygen atoms in total. The molecule has 2 N–H and O–H groups in total. The summed E-state index contributed by atoms with van der Waals surface area (Å²) in [5.74, 6) is 0.835. The lowest BCUT2D eigenvalue weighted by Crippen LogP contribution is -2.50. The summed E-state index contributed by atoms with van der Waals surface area (Å²) in [7, 11) is 0. The Morgan fingerprint density at radius 2 is 2.35 bits per heavy atom. The average Bonchev–Trinajstić information content (AvgIpc) is 2.68. The van der Waals surface area contributed by atoms with Gasteiger partial charge in [0.05, 0.1) is 6.26 Å². The van der Waals surface area contributed by atoms with E-state index in [0.717, 1.165) is 25.1 Å². The minimum absolute atomic E-state index is 0. The number of nitrogens with one attached hydrogen (secondary N) is 2. The van der Waals surface area contributed by atoms with Crippen LogP contribution in [0, 0.1) is 12.8 Å². The lowest BCUT2D eigenvalue weighted by atomic mass is 9.95. The minimum atomic E-state index is -0.108. The highest BCUT2D eigenvalue weighted by Crippen LogP contribution is 2.13. The molecule has 96 valence electrons. The SMILES string of the molecule is Cc1ccoc1C(=O)NC1CNCCC1C.Cl. The van der Waals surface area contributed by atoms with Crippen molar-refractivity contribution in [1.29, 1.82) is 0 Å². The Morgan fingerprint density at radius 3 is 2.94 bits per heavy atom. The van der Waals surface area contributed by atoms with E-state index in [9.17, 15) is 4.79 Å². The number of furan rings is 1. The van der Waals surface area contributed by atoms with Gasteiger partial charge in [-0.3, -0.25) is 4.79 Å². The molecule has 2 rings (SSSR count). The number of carbonyl (C=O) groups excluding carboxylic acids is 1. The minimum Gasteiger partial charge on any atom is -0.459 e. The first-order chi connectivity index (χ1) is 7.68. The zero-order valence-electron chi connectivity index (χ0n) is 10.2. The molecule has 0 bridgehead atoms. The Hall–Kier alpha value is -1.00. The molecule has 5 heteroatoms. The molecule has 1 aliphatic heterocycles. The third-order valence-corrected chi connectivity index (χ3v) is 3.21. The largest absolute Gasteiger partial charge is 0.459 e. The van der Waals surface area contributed by atoms with Crippen molar-refractivity contribution in [3.05, 3.63) is 23.7 Å². The number of hydrogen-bond donors (Lipinski definition) is 2. The second-order valence-electron chi connectivity index (χ2n) is 4.48. The number of piperidine rings is 1. The zero-order chi connectivity index (χ0) is 11.5. The van der Waals surface area contributed by atoms with E-state index in [1.165, 1.54) is 0 Å². The van der Waals surface area contributed by atoms with Crippen LogP contribution < -0.4 is 10.6 Å². The monoisotopic (exact) mass is 258 g/mol. The van der Waals surface area contributed by atoms with Crippen molar-refractivity contribution in [2.75, 3.05) is 13.1 Å². The molecule has 1 amide bonds. The molecule has 2 heterocycles.